The molecule has 3 nitrogen and oxygen atoms in total. The Labute approximate surface area is 135 Å². The predicted octanol–water partition coefficient (Wildman–Crippen LogP) is 4.13. The van der Waals surface area contributed by atoms with E-state index in [1.807, 2.05) is 31.2 Å². The van der Waals surface area contributed by atoms with Crippen LogP contribution in [0.4, 0.5) is 0 Å². The summed E-state index contributed by atoms with van der Waals surface area (Å²) in [6.45, 7) is 2.38. The maximum Gasteiger partial charge on any atom is 0.257 e. The molecule has 0 spiro atoms. The standard InChI is InChI=1S/C20H19NO2/c1-14-7-10-18(19(22)11-14)20(23)21(2)13-15-8-9-16-5-3-4-6-17(16)12-15/h3-12,22H,13H2,1-2H3. The number of benzene rings is 3. The van der Waals surface area contributed by atoms with E-state index in [0.29, 0.717) is 12.1 Å². The molecule has 1 amide bonds. The summed E-state index contributed by atoms with van der Waals surface area (Å²) in [4.78, 5) is 14.1. The van der Waals surface area contributed by atoms with E-state index in [4.69, 9.17) is 0 Å². The van der Waals surface area contributed by atoms with E-state index in [9.17, 15) is 9.90 Å². The number of rotatable bonds is 3. The van der Waals surface area contributed by atoms with Gasteiger partial charge in [-0.05, 0) is 47.0 Å². The smallest absolute Gasteiger partial charge is 0.257 e. The van der Waals surface area contributed by atoms with Gasteiger partial charge in [0.25, 0.3) is 5.91 Å². The number of carbonyl (C=O) groups is 1. The summed E-state index contributed by atoms with van der Waals surface area (Å²) in [5.74, 6) is -0.156. The molecule has 0 aromatic heterocycles. The minimum atomic E-state index is -0.185. The van der Waals surface area contributed by atoms with Crippen LogP contribution in [0.5, 0.6) is 5.75 Å². The third kappa shape index (κ3) is 3.19. The van der Waals surface area contributed by atoms with Gasteiger partial charge in [0.2, 0.25) is 0 Å². The number of carbonyl (C=O) groups excluding carboxylic acids is 1. The maximum absolute atomic E-state index is 12.5. The van der Waals surface area contributed by atoms with Crippen molar-refractivity contribution in [2.75, 3.05) is 7.05 Å². The maximum atomic E-state index is 12.5. The number of fused-ring (bicyclic) bond motifs is 1. The van der Waals surface area contributed by atoms with E-state index >= 15 is 0 Å². The molecule has 1 N–H and O–H groups in total. The largest absolute Gasteiger partial charge is 0.507 e. The molecule has 0 saturated carbocycles. The monoisotopic (exact) mass is 305 g/mol. The van der Waals surface area contributed by atoms with Gasteiger partial charge in [0.1, 0.15) is 5.75 Å². The number of nitrogens with zero attached hydrogens (tertiary/aromatic N) is 1. The highest BCUT2D eigenvalue weighted by Gasteiger charge is 2.16. The molecule has 3 heteroatoms. The highest BCUT2D eigenvalue weighted by Crippen LogP contribution is 2.21. The highest BCUT2D eigenvalue weighted by atomic mass is 16.3. The summed E-state index contributed by atoms with van der Waals surface area (Å²) in [5, 5.41) is 12.3. The van der Waals surface area contributed by atoms with Gasteiger partial charge in [-0.15, -0.1) is 0 Å². The lowest BCUT2D eigenvalue weighted by Crippen LogP contribution is -2.26. The SMILES string of the molecule is Cc1ccc(C(=O)N(C)Cc2ccc3ccccc3c2)c(O)c1. The van der Waals surface area contributed by atoms with Crippen molar-refractivity contribution in [3.8, 4) is 5.75 Å². The summed E-state index contributed by atoms with van der Waals surface area (Å²) in [5.41, 5.74) is 2.32. The lowest BCUT2D eigenvalue weighted by Gasteiger charge is -2.18. The molecule has 0 atom stereocenters. The van der Waals surface area contributed by atoms with E-state index in [1.54, 1.807) is 24.1 Å². The zero-order chi connectivity index (χ0) is 16.4. The van der Waals surface area contributed by atoms with Gasteiger partial charge in [-0.25, -0.2) is 0 Å². The third-order valence-corrected chi connectivity index (χ3v) is 3.96. The van der Waals surface area contributed by atoms with Crippen molar-refractivity contribution in [2.24, 2.45) is 0 Å². The van der Waals surface area contributed by atoms with E-state index in [0.717, 1.165) is 16.5 Å². The van der Waals surface area contributed by atoms with Crippen molar-refractivity contribution < 1.29 is 9.90 Å². The van der Waals surface area contributed by atoms with Crippen LogP contribution in [0.1, 0.15) is 21.5 Å². The molecule has 3 aromatic carbocycles. The third-order valence-electron chi connectivity index (χ3n) is 3.96. The Kier molecular flexibility index (Phi) is 4.02. The minimum Gasteiger partial charge on any atom is -0.507 e. The molecule has 0 heterocycles. The van der Waals surface area contributed by atoms with Crippen molar-refractivity contribution in [2.45, 2.75) is 13.5 Å². The summed E-state index contributed by atoms with van der Waals surface area (Å²) in [7, 11) is 1.75. The van der Waals surface area contributed by atoms with Gasteiger partial charge in [-0.2, -0.15) is 0 Å². The first-order valence-electron chi connectivity index (χ1n) is 7.57. The Morgan fingerprint density at radius 2 is 1.74 bits per heavy atom. The molecule has 116 valence electrons. The van der Waals surface area contributed by atoms with Gasteiger partial charge in [-0.1, -0.05) is 42.5 Å². The molecule has 0 saturated heterocycles. The quantitative estimate of drug-likeness (QED) is 0.790. The number of hydrogen-bond donors (Lipinski definition) is 1. The topological polar surface area (TPSA) is 40.5 Å². The minimum absolute atomic E-state index is 0.0281. The highest BCUT2D eigenvalue weighted by molar-refractivity contribution is 5.96. The average molecular weight is 305 g/mol. The second kappa shape index (κ2) is 6.13. The number of hydrogen-bond acceptors (Lipinski definition) is 2. The van der Waals surface area contributed by atoms with Gasteiger partial charge < -0.3 is 10.0 Å². The summed E-state index contributed by atoms with van der Waals surface area (Å²) in [6, 6.07) is 19.4. The molecule has 0 bridgehead atoms. The second-order valence-electron chi connectivity index (χ2n) is 5.86. The Morgan fingerprint density at radius 1 is 1.00 bits per heavy atom. The molecule has 23 heavy (non-hydrogen) atoms. The zero-order valence-corrected chi connectivity index (χ0v) is 13.3. The molecule has 0 radical (unpaired) electrons. The van der Waals surface area contributed by atoms with Crippen LogP contribution in [0.15, 0.2) is 60.7 Å². The van der Waals surface area contributed by atoms with Crippen molar-refractivity contribution in [1.29, 1.82) is 0 Å². The van der Waals surface area contributed by atoms with Crippen LogP contribution in [-0.2, 0) is 6.54 Å². The fraction of sp³-hybridized carbons (Fsp3) is 0.150. The Hall–Kier alpha value is -2.81. The number of aryl methyl sites for hydroxylation is 1. The number of amides is 1. The predicted molar refractivity (Wildman–Crippen MR) is 92.6 cm³/mol. The van der Waals surface area contributed by atoms with Crippen LogP contribution in [0.3, 0.4) is 0 Å². The first-order valence-corrected chi connectivity index (χ1v) is 7.57. The lowest BCUT2D eigenvalue weighted by molar-refractivity contribution is 0.0782. The molecule has 0 aliphatic carbocycles. The van der Waals surface area contributed by atoms with Gasteiger partial charge in [-0.3, -0.25) is 4.79 Å². The molecular weight excluding hydrogens is 286 g/mol. The number of phenolic OH excluding ortho intramolecular Hbond substituents is 1. The normalized spacial score (nSPS) is 10.7. The molecular formula is C20H19NO2. The fourth-order valence-electron chi connectivity index (χ4n) is 2.71. The van der Waals surface area contributed by atoms with E-state index in [2.05, 4.69) is 24.3 Å². The van der Waals surface area contributed by atoms with Gasteiger partial charge in [0.15, 0.2) is 0 Å². The summed E-state index contributed by atoms with van der Waals surface area (Å²) in [6.07, 6.45) is 0. The zero-order valence-electron chi connectivity index (χ0n) is 13.3. The molecule has 0 unspecified atom stereocenters. The molecule has 3 rings (SSSR count). The first kappa shape index (κ1) is 15.1. The number of aromatic hydroxyl groups is 1. The van der Waals surface area contributed by atoms with Crippen LogP contribution in [0.25, 0.3) is 10.8 Å². The Bertz CT molecular complexity index is 870. The lowest BCUT2D eigenvalue weighted by atomic mass is 10.1. The molecule has 0 fully saturated rings. The van der Waals surface area contributed by atoms with Gasteiger partial charge in [0.05, 0.1) is 5.56 Å². The summed E-state index contributed by atoms with van der Waals surface area (Å²) >= 11 is 0. The Balaban J connectivity index is 1.81. The van der Waals surface area contributed by atoms with Crippen LogP contribution >= 0.6 is 0 Å². The van der Waals surface area contributed by atoms with Crippen LogP contribution < -0.4 is 0 Å². The van der Waals surface area contributed by atoms with Gasteiger partial charge in [0, 0.05) is 13.6 Å². The fourth-order valence-corrected chi connectivity index (χ4v) is 2.71. The first-order chi connectivity index (χ1) is 11.0. The van der Waals surface area contributed by atoms with Crippen molar-refractivity contribution in [3.05, 3.63) is 77.4 Å². The van der Waals surface area contributed by atoms with Crippen molar-refractivity contribution in [1.82, 2.24) is 4.90 Å². The Morgan fingerprint density at radius 3 is 2.48 bits per heavy atom. The van der Waals surface area contributed by atoms with E-state index in [1.165, 1.54) is 5.39 Å². The van der Waals surface area contributed by atoms with Crippen LogP contribution in [-0.4, -0.2) is 23.0 Å². The molecule has 0 aliphatic heterocycles. The average Bonchev–Trinajstić information content (AvgIpc) is 2.54. The number of phenols is 1. The van der Waals surface area contributed by atoms with E-state index in [-0.39, 0.29) is 11.7 Å². The molecule has 0 aliphatic rings. The second-order valence-corrected chi connectivity index (χ2v) is 5.86. The van der Waals surface area contributed by atoms with Crippen LogP contribution in [0.2, 0.25) is 0 Å². The van der Waals surface area contributed by atoms with Crippen LogP contribution in [0, 0.1) is 6.92 Å². The van der Waals surface area contributed by atoms with Gasteiger partial charge >= 0.3 is 0 Å². The molecule has 3 aromatic rings. The van der Waals surface area contributed by atoms with Crippen molar-refractivity contribution >= 4 is 16.7 Å². The summed E-state index contributed by atoms with van der Waals surface area (Å²) < 4.78 is 0. The van der Waals surface area contributed by atoms with E-state index < -0.39 is 0 Å². The van der Waals surface area contributed by atoms with Crippen molar-refractivity contribution in [3.63, 3.8) is 0 Å².